The number of benzene rings is 1. The molecule has 1 N–H and O–H groups in total. The van der Waals surface area contributed by atoms with Gasteiger partial charge in [0, 0.05) is 23.6 Å². The predicted octanol–water partition coefficient (Wildman–Crippen LogP) is 2.27. The van der Waals surface area contributed by atoms with Crippen LogP contribution in [0.2, 0.25) is 0 Å². The molecule has 92 valence electrons. The van der Waals surface area contributed by atoms with Crippen LogP contribution in [0.25, 0.3) is 0 Å². The summed E-state index contributed by atoms with van der Waals surface area (Å²) >= 11 is 4.18. The third-order valence-electron chi connectivity index (χ3n) is 2.91. The summed E-state index contributed by atoms with van der Waals surface area (Å²) in [6, 6.07) is 7.20. The maximum absolute atomic E-state index is 11.8. The molecule has 0 bridgehead atoms. The number of amides is 1. The minimum Gasteiger partial charge on any atom is -0.378 e. The van der Waals surface area contributed by atoms with Crippen molar-refractivity contribution >= 4 is 18.5 Å². The number of hydrogen-bond donors (Lipinski definition) is 2. The van der Waals surface area contributed by atoms with Crippen molar-refractivity contribution in [1.29, 1.82) is 0 Å². The molecule has 1 fully saturated rings. The average molecular weight is 251 g/mol. The van der Waals surface area contributed by atoms with Gasteiger partial charge < -0.3 is 10.1 Å². The fraction of sp³-hybridized carbons (Fsp3) is 0.462. The highest BCUT2D eigenvalue weighted by Crippen LogP contribution is 2.14. The summed E-state index contributed by atoms with van der Waals surface area (Å²) in [6.45, 7) is 1.54. The molecule has 1 heterocycles. The lowest BCUT2D eigenvalue weighted by molar-refractivity contribution is 0.0907. The minimum absolute atomic E-state index is 0.0312. The zero-order chi connectivity index (χ0) is 12.1. The smallest absolute Gasteiger partial charge is 0.251 e. The van der Waals surface area contributed by atoms with Crippen LogP contribution in [0.1, 0.15) is 29.6 Å². The van der Waals surface area contributed by atoms with Gasteiger partial charge in [-0.2, -0.15) is 0 Å². The van der Waals surface area contributed by atoms with Crippen LogP contribution in [-0.4, -0.2) is 25.2 Å². The predicted molar refractivity (Wildman–Crippen MR) is 69.6 cm³/mol. The van der Waals surface area contributed by atoms with Crippen molar-refractivity contribution in [2.75, 3.05) is 13.2 Å². The summed E-state index contributed by atoms with van der Waals surface area (Å²) in [5.74, 6) is -0.0312. The van der Waals surface area contributed by atoms with Gasteiger partial charge in [0.25, 0.3) is 5.91 Å². The molecular weight excluding hydrogens is 234 g/mol. The summed E-state index contributed by atoms with van der Waals surface area (Å²) in [7, 11) is 0. The highest BCUT2D eigenvalue weighted by molar-refractivity contribution is 7.80. The lowest BCUT2D eigenvalue weighted by atomic mass is 10.1. The van der Waals surface area contributed by atoms with Crippen LogP contribution in [0, 0.1) is 0 Å². The van der Waals surface area contributed by atoms with Crippen LogP contribution in [0.4, 0.5) is 0 Å². The molecule has 2 rings (SSSR count). The number of carbonyl (C=O) groups excluding carboxylic acids is 1. The molecule has 1 atom stereocenters. The van der Waals surface area contributed by atoms with Crippen LogP contribution < -0.4 is 5.32 Å². The van der Waals surface area contributed by atoms with E-state index in [1.807, 2.05) is 12.1 Å². The molecule has 0 saturated carbocycles. The van der Waals surface area contributed by atoms with E-state index in [2.05, 4.69) is 17.9 Å². The molecule has 1 amide bonds. The highest BCUT2D eigenvalue weighted by Gasteiger charge is 2.15. The molecule has 1 aromatic carbocycles. The molecule has 1 aliphatic rings. The van der Waals surface area contributed by atoms with E-state index in [4.69, 9.17) is 4.74 Å². The van der Waals surface area contributed by atoms with E-state index < -0.39 is 0 Å². The van der Waals surface area contributed by atoms with Gasteiger partial charge in [-0.05, 0) is 43.5 Å². The van der Waals surface area contributed by atoms with Crippen molar-refractivity contribution in [3.8, 4) is 0 Å². The molecule has 0 aliphatic carbocycles. The van der Waals surface area contributed by atoms with E-state index in [9.17, 15) is 4.79 Å². The van der Waals surface area contributed by atoms with Crippen LogP contribution in [0.3, 0.4) is 0 Å². The van der Waals surface area contributed by atoms with Crippen molar-refractivity contribution in [1.82, 2.24) is 5.32 Å². The lowest BCUT2D eigenvalue weighted by Gasteiger charge is -2.10. The molecule has 1 aromatic rings. The molecular formula is C13H17NO2S. The molecule has 0 spiro atoms. The Bertz CT molecular complexity index is 372. The number of hydrogen-bond acceptors (Lipinski definition) is 3. The van der Waals surface area contributed by atoms with Crippen molar-refractivity contribution in [2.24, 2.45) is 0 Å². The van der Waals surface area contributed by atoms with Crippen molar-refractivity contribution in [2.45, 2.75) is 30.3 Å². The highest BCUT2D eigenvalue weighted by atomic mass is 32.1. The van der Waals surface area contributed by atoms with Crippen molar-refractivity contribution in [3.63, 3.8) is 0 Å². The van der Waals surface area contributed by atoms with E-state index in [1.54, 1.807) is 12.1 Å². The first-order valence-electron chi connectivity index (χ1n) is 5.94. The summed E-state index contributed by atoms with van der Waals surface area (Å²) < 4.78 is 5.49. The molecule has 17 heavy (non-hydrogen) atoms. The zero-order valence-corrected chi connectivity index (χ0v) is 10.6. The van der Waals surface area contributed by atoms with Gasteiger partial charge in [0.2, 0.25) is 0 Å². The first kappa shape index (κ1) is 12.5. The second-order valence-electron chi connectivity index (χ2n) is 4.23. The molecule has 1 saturated heterocycles. The van der Waals surface area contributed by atoms with Gasteiger partial charge in [-0.1, -0.05) is 0 Å². The monoisotopic (exact) mass is 251 g/mol. The van der Waals surface area contributed by atoms with Gasteiger partial charge in [0.15, 0.2) is 0 Å². The fourth-order valence-electron chi connectivity index (χ4n) is 1.93. The van der Waals surface area contributed by atoms with Gasteiger partial charge in [-0.25, -0.2) is 0 Å². The maximum Gasteiger partial charge on any atom is 0.251 e. The fourth-order valence-corrected chi connectivity index (χ4v) is 2.08. The Morgan fingerprint density at radius 1 is 1.41 bits per heavy atom. The zero-order valence-electron chi connectivity index (χ0n) is 9.69. The maximum atomic E-state index is 11.8. The van der Waals surface area contributed by atoms with E-state index in [0.29, 0.717) is 18.2 Å². The lowest BCUT2D eigenvalue weighted by Crippen LogP contribution is -2.26. The first-order valence-corrected chi connectivity index (χ1v) is 6.39. The summed E-state index contributed by atoms with van der Waals surface area (Å²) in [5.41, 5.74) is 0.676. The Morgan fingerprint density at radius 3 is 2.82 bits per heavy atom. The SMILES string of the molecule is O=C(NCCC1CCCO1)c1ccc(S)cc1. The number of carbonyl (C=O) groups is 1. The number of rotatable bonds is 4. The van der Waals surface area contributed by atoms with Gasteiger partial charge in [0.1, 0.15) is 0 Å². The summed E-state index contributed by atoms with van der Waals surface area (Å²) in [4.78, 5) is 12.6. The second kappa shape index (κ2) is 6.07. The molecule has 3 nitrogen and oxygen atoms in total. The second-order valence-corrected chi connectivity index (χ2v) is 4.74. The van der Waals surface area contributed by atoms with Crippen molar-refractivity contribution < 1.29 is 9.53 Å². The van der Waals surface area contributed by atoms with Crippen LogP contribution >= 0.6 is 12.6 Å². The van der Waals surface area contributed by atoms with E-state index in [0.717, 1.165) is 30.8 Å². The van der Waals surface area contributed by atoms with E-state index in [1.165, 1.54) is 0 Å². The van der Waals surface area contributed by atoms with E-state index in [-0.39, 0.29) is 5.91 Å². The molecule has 1 aliphatic heterocycles. The minimum atomic E-state index is -0.0312. The van der Waals surface area contributed by atoms with Crippen LogP contribution in [0.15, 0.2) is 29.2 Å². The van der Waals surface area contributed by atoms with Gasteiger partial charge in [-0.15, -0.1) is 12.6 Å². The number of nitrogens with one attached hydrogen (secondary N) is 1. The third-order valence-corrected chi connectivity index (χ3v) is 3.20. The topological polar surface area (TPSA) is 38.3 Å². The summed E-state index contributed by atoms with van der Waals surface area (Å²) in [6.07, 6.45) is 3.48. The van der Waals surface area contributed by atoms with Gasteiger partial charge in [0.05, 0.1) is 6.10 Å². The van der Waals surface area contributed by atoms with Crippen molar-refractivity contribution in [3.05, 3.63) is 29.8 Å². The Labute approximate surface area is 107 Å². The third kappa shape index (κ3) is 3.75. The Hall–Kier alpha value is -1.00. The van der Waals surface area contributed by atoms with Crippen LogP contribution in [0.5, 0.6) is 0 Å². The normalized spacial score (nSPS) is 19.2. The Morgan fingerprint density at radius 2 is 2.18 bits per heavy atom. The van der Waals surface area contributed by atoms with Gasteiger partial charge in [-0.3, -0.25) is 4.79 Å². The van der Waals surface area contributed by atoms with Gasteiger partial charge >= 0.3 is 0 Å². The number of ether oxygens (including phenoxy) is 1. The molecule has 1 unspecified atom stereocenters. The Kier molecular flexibility index (Phi) is 4.45. The largest absolute Gasteiger partial charge is 0.378 e. The van der Waals surface area contributed by atoms with Crippen LogP contribution in [-0.2, 0) is 4.74 Å². The molecule has 0 aromatic heterocycles. The average Bonchev–Trinajstić information content (AvgIpc) is 2.83. The van der Waals surface area contributed by atoms with E-state index >= 15 is 0 Å². The molecule has 0 radical (unpaired) electrons. The number of thiol groups is 1. The summed E-state index contributed by atoms with van der Waals surface area (Å²) in [5, 5.41) is 2.90. The Balaban J connectivity index is 1.75. The molecule has 4 heteroatoms. The first-order chi connectivity index (χ1) is 8.25. The quantitative estimate of drug-likeness (QED) is 0.806. The standard InChI is InChI=1S/C13H17NO2S/c15-13(10-3-5-12(17)6-4-10)14-8-7-11-2-1-9-16-11/h3-6,11,17H,1-2,7-9H2,(H,14,15).